The monoisotopic (exact) mass is 347 g/mol. The summed E-state index contributed by atoms with van der Waals surface area (Å²) in [5, 5.41) is 3.39. The molecule has 0 aliphatic carbocycles. The van der Waals surface area contributed by atoms with Crippen LogP contribution in [-0.4, -0.2) is 12.6 Å². The van der Waals surface area contributed by atoms with E-state index in [1.54, 1.807) is 0 Å². The molecule has 0 heterocycles. The van der Waals surface area contributed by atoms with E-state index in [9.17, 15) is 8.78 Å². The molecule has 1 rings (SSSR count). The van der Waals surface area contributed by atoms with Gasteiger partial charge in [0.25, 0.3) is 0 Å². The van der Waals surface area contributed by atoms with Crippen molar-refractivity contribution in [1.29, 1.82) is 0 Å². The maximum atomic E-state index is 14.1. The quantitative estimate of drug-likeness (QED) is 0.678. The molecule has 114 valence electrons. The number of nitrogens with one attached hydrogen (secondary N) is 1. The van der Waals surface area contributed by atoms with Gasteiger partial charge >= 0.3 is 0 Å². The average Bonchev–Trinajstić information content (AvgIpc) is 2.38. The van der Waals surface area contributed by atoms with E-state index in [0.29, 0.717) is 16.9 Å². The Morgan fingerprint density at radius 2 is 1.95 bits per heavy atom. The van der Waals surface area contributed by atoms with Gasteiger partial charge in [-0.15, -0.1) is 0 Å². The Kier molecular flexibility index (Phi) is 6.59. The second kappa shape index (κ2) is 7.51. The maximum absolute atomic E-state index is 14.1. The van der Waals surface area contributed by atoms with Gasteiger partial charge in [0.2, 0.25) is 0 Å². The second-order valence-electron chi connectivity index (χ2n) is 6.09. The highest BCUT2D eigenvalue weighted by Gasteiger charge is 2.27. The number of hydrogen-bond acceptors (Lipinski definition) is 1. The Morgan fingerprint density at radius 1 is 1.30 bits per heavy atom. The zero-order chi connectivity index (χ0) is 15.3. The predicted molar refractivity (Wildman–Crippen MR) is 83.9 cm³/mol. The fourth-order valence-electron chi connectivity index (χ4n) is 2.45. The van der Waals surface area contributed by atoms with Gasteiger partial charge in [0, 0.05) is 18.2 Å². The molecule has 1 nitrogen and oxygen atoms in total. The molecule has 0 spiro atoms. The van der Waals surface area contributed by atoms with Crippen LogP contribution in [0, 0.1) is 17.0 Å². The molecule has 20 heavy (non-hydrogen) atoms. The third kappa shape index (κ3) is 4.81. The molecular weight excluding hydrogens is 324 g/mol. The highest BCUT2D eigenvalue weighted by molar-refractivity contribution is 9.10. The van der Waals surface area contributed by atoms with E-state index >= 15 is 0 Å². The van der Waals surface area contributed by atoms with E-state index in [2.05, 4.69) is 48.9 Å². The van der Waals surface area contributed by atoms with Gasteiger partial charge < -0.3 is 5.32 Å². The van der Waals surface area contributed by atoms with Crippen molar-refractivity contribution in [1.82, 2.24) is 5.32 Å². The van der Waals surface area contributed by atoms with Crippen LogP contribution in [0.3, 0.4) is 0 Å². The first-order chi connectivity index (χ1) is 9.29. The highest BCUT2D eigenvalue weighted by atomic mass is 79.9. The van der Waals surface area contributed by atoms with E-state index in [1.165, 1.54) is 12.1 Å². The van der Waals surface area contributed by atoms with Gasteiger partial charge in [-0.2, -0.15) is 0 Å². The van der Waals surface area contributed by atoms with Crippen molar-refractivity contribution < 1.29 is 8.78 Å². The van der Waals surface area contributed by atoms with Crippen molar-refractivity contribution in [3.63, 3.8) is 0 Å². The second-order valence-corrected chi connectivity index (χ2v) is 6.95. The van der Waals surface area contributed by atoms with Crippen LogP contribution in [0.1, 0.15) is 46.1 Å². The summed E-state index contributed by atoms with van der Waals surface area (Å²) in [6, 6.07) is 3.10. The van der Waals surface area contributed by atoms with Crippen molar-refractivity contribution in [3.05, 3.63) is 33.8 Å². The molecule has 1 aromatic carbocycles. The first-order valence-electron chi connectivity index (χ1n) is 7.15. The van der Waals surface area contributed by atoms with Crippen LogP contribution in [0.5, 0.6) is 0 Å². The van der Waals surface area contributed by atoms with Crippen molar-refractivity contribution in [2.75, 3.05) is 6.54 Å². The number of rotatable bonds is 7. The van der Waals surface area contributed by atoms with Gasteiger partial charge in [-0.05, 0) is 46.3 Å². The maximum Gasteiger partial charge on any atom is 0.143 e. The standard InChI is InChI=1S/C16H24BrF2N/c1-5-8-16(4,10-20-11(2)3)9-12-14(18)7-6-13(17)15(12)19/h6-7,11,20H,5,8-10H2,1-4H3. The molecular formula is C16H24BrF2N. The molecule has 0 saturated carbocycles. The van der Waals surface area contributed by atoms with Gasteiger partial charge in [0.05, 0.1) is 4.47 Å². The van der Waals surface area contributed by atoms with Gasteiger partial charge in [-0.1, -0.05) is 34.1 Å². The first kappa shape index (κ1) is 17.6. The Balaban J connectivity index is 2.98. The third-order valence-corrected chi connectivity index (χ3v) is 4.15. The van der Waals surface area contributed by atoms with Crippen LogP contribution in [0.2, 0.25) is 0 Å². The van der Waals surface area contributed by atoms with Crippen LogP contribution in [0.25, 0.3) is 0 Å². The molecule has 0 aromatic heterocycles. The van der Waals surface area contributed by atoms with Crippen molar-refractivity contribution in [2.45, 2.75) is 53.0 Å². The molecule has 1 atom stereocenters. The summed E-state index contributed by atoms with van der Waals surface area (Å²) in [6.45, 7) is 9.09. The lowest BCUT2D eigenvalue weighted by molar-refractivity contribution is 0.260. The molecule has 1 unspecified atom stereocenters. The molecule has 1 N–H and O–H groups in total. The van der Waals surface area contributed by atoms with Gasteiger partial charge in [-0.25, -0.2) is 8.78 Å². The summed E-state index contributed by atoms with van der Waals surface area (Å²) in [7, 11) is 0. The number of benzene rings is 1. The lowest BCUT2D eigenvalue weighted by Gasteiger charge is -2.31. The fraction of sp³-hybridized carbons (Fsp3) is 0.625. The number of hydrogen-bond donors (Lipinski definition) is 1. The predicted octanol–water partition coefficient (Wildman–Crippen LogP) is 5.07. The first-order valence-corrected chi connectivity index (χ1v) is 7.94. The zero-order valence-corrected chi connectivity index (χ0v) is 14.3. The van der Waals surface area contributed by atoms with Crippen LogP contribution < -0.4 is 5.32 Å². The van der Waals surface area contributed by atoms with E-state index < -0.39 is 11.6 Å². The van der Waals surface area contributed by atoms with Gasteiger partial charge in [-0.3, -0.25) is 0 Å². The topological polar surface area (TPSA) is 12.0 Å². The Hall–Kier alpha value is -0.480. The summed E-state index contributed by atoms with van der Waals surface area (Å²) in [6.07, 6.45) is 2.32. The number of halogens is 3. The molecule has 1 aromatic rings. The molecule has 0 saturated heterocycles. The molecule has 0 radical (unpaired) electrons. The molecule has 0 bridgehead atoms. The minimum absolute atomic E-state index is 0.151. The van der Waals surface area contributed by atoms with Gasteiger partial charge in [0.1, 0.15) is 11.6 Å². The smallest absolute Gasteiger partial charge is 0.143 e. The summed E-state index contributed by atoms with van der Waals surface area (Å²) in [5.74, 6) is -0.936. The zero-order valence-electron chi connectivity index (χ0n) is 12.7. The van der Waals surface area contributed by atoms with Crippen molar-refractivity contribution in [2.24, 2.45) is 5.41 Å². The molecule has 0 aliphatic heterocycles. The minimum atomic E-state index is -0.475. The van der Waals surface area contributed by atoms with Crippen molar-refractivity contribution >= 4 is 15.9 Å². The molecule has 0 aliphatic rings. The van der Waals surface area contributed by atoms with Crippen molar-refractivity contribution in [3.8, 4) is 0 Å². The molecule has 0 fully saturated rings. The Bertz CT molecular complexity index is 448. The lowest BCUT2D eigenvalue weighted by atomic mass is 9.79. The van der Waals surface area contributed by atoms with Crippen LogP contribution >= 0.6 is 15.9 Å². The van der Waals surface area contributed by atoms with Crippen LogP contribution in [-0.2, 0) is 6.42 Å². The van der Waals surface area contributed by atoms with Crippen LogP contribution in [0.15, 0.2) is 16.6 Å². The summed E-state index contributed by atoms with van der Waals surface area (Å²) < 4.78 is 28.4. The van der Waals surface area contributed by atoms with Crippen LogP contribution in [0.4, 0.5) is 8.78 Å². The summed E-state index contributed by atoms with van der Waals surface area (Å²) in [4.78, 5) is 0. The summed E-state index contributed by atoms with van der Waals surface area (Å²) >= 11 is 3.13. The normalized spacial score (nSPS) is 14.6. The van der Waals surface area contributed by atoms with Gasteiger partial charge in [0.15, 0.2) is 0 Å². The summed E-state index contributed by atoms with van der Waals surface area (Å²) in [5.41, 5.74) is 0.0301. The molecule has 4 heteroatoms. The fourth-order valence-corrected chi connectivity index (χ4v) is 2.82. The molecule has 0 amide bonds. The lowest BCUT2D eigenvalue weighted by Crippen LogP contribution is -2.37. The third-order valence-electron chi connectivity index (χ3n) is 3.53. The highest BCUT2D eigenvalue weighted by Crippen LogP contribution is 2.32. The largest absolute Gasteiger partial charge is 0.314 e. The SMILES string of the molecule is CCCC(C)(CNC(C)C)Cc1c(F)ccc(Br)c1F. The van der Waals surface area contributed by atoms with E-state index in [-0.39, 0.29) is 11.0 Å². The van der Waals surface area contributed by atoms with E-state index in [1.807, 2.05) is 0 Å². The van der Waals surface area contributed by atoms with E-state index in [0.717, 1.165) is 19.4 Å². The Labute approximate surface area is 129 Å². The van der Waals surface area contributed by atoms with E-state index in [4.69, 9.17) is 0 Å². The average molecular weight is 348 g/mol. The Morgan fingerprint density at radius 3 is 2.50 bits per heavy atom. The minimum Gasteiger partial charge on any atom is -0.314 e.